The lowest BCUT2D eigenvalue weighted by molar-refractivity contribution is 0.0950. The summed E-state index contributed by atoms with van der Waals surface area (Å²) < 4.78 is 128. The van der Waals surface area contributed by atoms with E-state index in [9.17, 15) is 66.1 Å². The Hall–Kier alpha value is -15.6. The van der Waals surface area contributed by atoms with Gasteiger partial charge in [-0.3, -0.25) is 24.0 Å². The van der Waals surface area contributed by atoms with E-state index in [0.717, 1.165) is 70.2 Å². The molecule has 40 heteroatoms. The monoisotopic (exact) mass is 1720 g/mol. The number of rotatable bonds is 23. The van der Waals surface area contributed by atoms with Gasteiger partial charge in [0.1, 0.15) is 31.6 Å². The number of amides is 5. The minimum atomic E-state index is -3.91. The molecule has 5 aromatic heterocycles. The van der Waals surface area contributed by atoms with Crippen LogP contribution in [0.2, 0.25) is 0 Å². The quantitative estimate of drug-likeness (QED) is 0.0483. The van der Waals surface area contributed by atoms with Crippen LogP contribution in [0.3, 0.4) is 0 Å². The van der Waals surface area contributed by atoms with Crippen molar-refractivity contribution in [3.8, 4) is 95.9 Å². The third-order valence-electron chi connectivity index (χ3n) is 15.9. The van der Waals surface area contributed by atoms with Gasteiger partial charge in [-0.1, -0.05) is 131 Å². The summed E-state index contributed by atoms with van der Waals surface area (Å²) in [5.41, 5.74) is 5.86. The van der Waals surface area contributed by atoms with Gasteiger partial charge in [0.25, 0.3) is 79.7 Å². The van der Waals surface area contributed by atoms with Crippen molar-refractivity contribution < 1.29 is 66.1 Å². The molecule has 0 radical (unpaired) electrons. The summed E-state index contributed by atoms with van der Waals surface area (Å²) in [6.45, 7) is 4.42. The maximum Gasteiger partial charge on any atom is 0.299 e. The standard InChI is InChI=1S/2C19H16N4O3S.C18H14N4O3S.2C12H10N4O3S.CH4/c2*1-3-12-20-19(24)16-8-10-17(11-9-16)27(25,26)23-13-21-18(22-23)15-6-4-14(2)5-7-15;1-2-12-19-18(23)15-8-10-16(11-9-15)26(24,25)22-13-20-17(21-22)14-6-4-3-5-7-14;1-2-7-14-12(17)10-3-5-11(6-4-10)20(18,19)16-9-13-8-15-16;1-2-7-13-12(17)10-3-5-11(6-4-10)20(18,19)16-14-8-9-15-16;/h2*1,4-11,13H,12H2,2H3,(H,20,24);1,3-11,13H,12H2,(H,19,23);1,3-6,8-9H,7H2,(H,14,17);1,3-6,8-9H,7H2,(H,13,17);1H4. The highest BCUT2D eigenvalue weighted by Crippen LogP contribution is 2.24. The molecule has 0 atom stereocenters. The highest BCUT2D eigenvalue weighted by molar-refractivity contribution is 7.91. The second-order valence-corrected chi connectivity index (χ2v) is 33.0. The average Bonchev–Trinajstić information content (AvgIpc) is 1.64. The Morgan fingerprint density at radius 3 is 0.810 bits per heavy atom. The summed E-state index contributed by atoms with van der Waals surface area (Å²) in [6, 6.07) is 51.3. The number of carbonyl (C=O) groups excluding carboxylic acids is 5. The molecule has 0 aliphatic heterocycles. The molecule has 0 saturated carbocycles. The molecule has 0 bridgehead atoms. The van der Waals surface area contributed by atoms with Crippen LogP contribution in [0.4, 0.5) is 0 Å². The highest BCUT2D eigenvalue weighted by atomic mass is 32.2. The lowest BCUT2D eigenvalue weighted by atomic mass is 10.1. The normalized spacial score (nSPS) is 10.8. The largest absolute Gasteiger partial charge is 0.341 e. The summed E-state index contributed by atoms with van der Waals surface area (Å²) in [5, 5.41) is 35.4. The summed E-state index contributed by atoms with van der Waals surface area (Å²) in [6.07, 6.45) is 33.5. The number of hydrogen-bond donors (Lipinski definition) is 5. The molecule has 35 nitrogen and oxygen atoms in total. The Morgan fingerprint density at radius 1 is 0.314 bits per heavy atom. The molecule has 5 N–H and O–H groups in total. The fourth-order valence-electron chi connectivity index (χ4n) is 9.72. The van der Waals surface area contributed by atoms with E-state index in [-0.39, 0.29) is 94.2 Å². The number of aromatic nitrogens is 15. The number of nitrogens with one attached hydrogen (secondary N) is 5. The van der Waals surface area contributed by atoms with Crippen molar-refractivity contribution in [2.24, 2.45) is 0 Å². The third kappa shape index (κ3) is 23.6. The first kappa shape index (κ1) is 90.9. The number of nitrogens with zero attached hydrogens (tertiary/aromatic N) is 15. The van der Waals surface area contributed by atoms with Crippen LogP contribution in [0.5, 0.6) is 0 Å². The summed E-state index contributed by atoms with van der Waals surface area (Å²) in [4.78, 5) is 74.5. The molecule has 5 heterocycles. The van der Waals surface area contributed by atoms with Gasteiger partial charge in [-0.05, 0) is 135 Å². The van der Waals surface area contributed by atoms with Crippen molar-refractivity contribution in [2.45, 2.75) is 45.8 Å². The SMILES string of the molecule is C.C#CCNC(=O)c1ccc(S(=O)(=O)n2cnc(-c3ccc(C)cc3)n2)cc1.C#CCNC(=O)c1ccc(S(=O)(=O)n2cnc(-c3ccc(C)cc3)n2)cc1.C#CCNC(=O)c1ccc(S(=O)(=O)n2cnc(-c3ccccc3)n2)cc1.C#CCNC(=O)c1ccc(S(=O)(=O)n2cncn2)cc1.C#CCNC(=O)c1ccc(S(=O)(=O)n2nccn2)cc1. The van der Waals surface area contributed by atoms with E-state index in [0.29, 0.717) is 55.1 Å². The van der Waals surface area contributed by atoms with Crippen molar-refractivity contribution in [2.75, 3.05) is 32.7 Å². The van der Waals surface area contributed by atoms with Crippen LogP contribution in [-0.2, 0) is 50.1 Å². The molecule has 0 aliphatic rings. The molecule has 0 spiro atoms. The Morgan fingerprint density at radius 2 is 0.562 bits per heavy atom. The molecule has 121 heavy (non-hydrogen) atoms. The van der Waals surface area contributed by atoms with Gasteiger partial charge < -0.3 is 26.6 Å². The van der Waals surface area contributed by atoms with E-state index in [1.54, 1.807) is 12.1 Å². The van der Waals surface area contributed by atoms with E-state index < -0.39 is 50.1 Å². The molecule has 13 rings (SSSR count). The van der Waals surface area contributed by atoms with Crippen LogP contribution < -0.4 is 26.6 Å². The minimum absolute atomic E-state index is 0. The number of carbonyl (C=O) groups is 5. The predicted octanol–water partition coefficient (Wildman–Crippen LogP) is 5.64. The van der Waals surface area contributed by atoms with E-state index in [1.165, 1.54) is 134 Å². The minimum Gasteiger partial charge on any atom is -0.341 e. The van der Waals surface area contributed by atoms with Crippen molar-refractivity contribution in [3.63, 3.8) is 0 Å². The number of hydrogen-bond acceptors (Lipinski definition) is 25. The van der Waals surface area contributed by atoms with Gasteiger partial charge in [-0.25, -0.2) is 19.9 Å². The second-order valence-electron chi connectivity index (χ2n) is 24.0. The highest BCUT2D eigenvalue weighted by Gasteiger charge is 2.25. The fourth-order valence-corrected chi connectivity index (χ4v) is 14.9. The molecule has 0 unspecified atom stereocenters. The second kappa shape index (κ2) is 41.8. The van der Waals surface area contributed by atoms with Crippen LogP contribution in [-0.4, -0.2) is 175 Å². The van der Waals surface area contributed by atoms with Crippen molar-refractivity contribution in [3.05, 3.63) is 283 Å². The van der Waals surface area contributed by atoms with E-state index in [2.05, 4.69) is 107 Å². The average molecular weight is 1720 g/mol. The number of aryl methyl sites for hydroxylation is 2. The van der Waals surface area contributed by atoms with Gasteiger partial charge >= 0.3 is 0 Å². The summed E-state index contributed by atoms with van der Waals surface area (Å²) in [5.74, 6) is 10.5. The van der Waals surface area contributed by atoms with Crippen molar-refractivity contribution >= 4 is 79.7 Å². The molecule has 0 saturated heterocycles. The Bertz CT molecular complexity index is 6330. The molecule has 0 fully saturated rings. The van der Waals surface area contributed by atoms with Crippen LogP contribution in [0, 0.1) is 75.6 Å². The first-order chi connectivity index (χ1) is 57.5. The van der Waals surface area contributed by atoms with Crippen LogP contribution in [0.25, 0.3) is 34.2 Å². The van der Waals surface area contributed by atoms with Gasteiger partial charge in [0.05, 0.1) is 69.6 Å². The number of terminal acetylenes is 5. The maximum atomic E-state index is 12.7. The van der Waals surface area contributed by atoms with Crippen molar-refractivity contribution in [1.82, 2.24) is 97.7 Å². The molecule has 13 aromatic rings. The zero-order chi connectivity index (χ0) is 86.6. The molecular weight excluding hydrogens is 1650 g/mol. The van der Waals surface area contributed by atoms with Gasteiger partial charge in [0.15, 0.2) is 17.5 Å². The maximum absolute atomic E-state index is 12.7. The first-order valence-electron chi connectivity index (χ1n) is 34.5. The van der Waals surface area contributed by atoms with Crippen LogP contribution in [0.1, 0.15) is 70.3 Å². The molecule has 0 aliphatic carbocycles. The van der Waals surface area contributed by atoms with Gasteiger partial charge in [0.2, 0.25) is 0 Å². The zero-order valence-electron chi connectivity index (χ0n) is 62.9. The van der Waals surface area contributed by atoms with Gasteiger partial charge in [0, 0.05) is 44.5 Å². The molecule has 614 valence electrons. The fraction of sp³-hybridized carbons (Fsp3) is 0.0988. The van der Waals surface area contributed by atoms with E-state index >= 15 is 0 Å². The van der Waals surface area contributed by atoms with Gasteiger partial charge in [-0.2, -0.15) is 42.1 Å². The third-order valence-corrected chi connectivity index (χ3v) is 23.5. The molecular formula is C81H70N20O15S5. The predicted molar refractivity (Wildman–Crippen MR) is 444 cm³/mol. The van der Waals surface area contributed by atoms with Crippen molar-refractivity contribution in [1.29, 1.82) is 0 Å². The Labute approximate surface area is 696 Å². The lowest BCUT2D eigenvalue weighted by Crippen LogP contribution is -2.23. The Kier molecular flexibility index (Phi) is 31.4. The zero-order valence-corrected chi connectivity index (χ0v) is 67.0. The van der Waals surface area contributed by atoms with E-state index in [4.69, 9.17) is 32.1 Å². The number of benzene rings is 8. The Balaban J connectivity index is 0.000000189. The molecule has 5 amide bonds. The topological polar surface area (TPSA) is 470 Å². The smallest absolute Gasteiger partial charge is 0.299 e. The lowest BCUT2D eigenvalue weighted by Gasteiger charge is -2.05. The molecule has 8 aromatic carbocycles. The van der Waals surface area contributed by atoms with Gasteiger partial charge in [-0.15, -0.1) is 79.1 Å². The first-order valence-corrected chi connectivity index (χ1v) is 41.7. The summed E-state index contributed by atoms with van der Waals surface area (Å²) >= 11 is 0. The van der Waals surface area contributed by atoms with Crippen LogP contribution in [0.15, 0.2) is 269 Å². The van der Waals surface area contributed by atoms with E-state index in [1.807, 2.05) is 80.6 Å². The summed E-state index contributed by atoms with van der Waals surface area (Å²) in [7, 11) is -19.3. The van der Waals surface area contributed by atoms with Crippen LogP contribution >= 0.6 is 0 Å².